The Balaban J connectivity index is 2.00. The van der Waals surface area contributed by atoms with Crippen molar-refractivity contribution in [2.45, 2.75) is 13.8 Å². The molecule has 0 spiro atoms. The van der Waals surface area contributed by atoms with Gasteiger partial charge in [0, 0.05) is 10.9 Å². The molecule has 3 aromatic carbocycles. The van der Waals surface area contributed by atoms with Gasteiger partial charge in [0.05, 0.1) is 11.2 Å². The molecule has 0 fully saturated rings. The lowest BCUT2D eigenvalue weighted by Crippen LogP contribution is -1.90. The first-order chi connectivity index (χ1) is 11.7. The lowest BCUT2D eigenvalue weighted by atomic mass is 9.97. The fourth-order valence-electron chi connectivity index (χ4n) is 3.07. The first kappa shape index (κ1) is 14.6. The maximum atomic E-state index is 4.90. The molecule has 24 heavy (non-hydrogen) atoms. The van der Waals surface area contributed by atoms with Gasteiger partial charge in [0.25, 0.3) is 0 Å². The highest BCUT2D eigenvalue weighted by atomic mass is 14.7. The Morgan fingerprint density at radius 3 is 2.08 bits per heavy atom. The molecule has 0 aliphatic heterocycles. The summed E-state index contributed by atoms with van der Waals surface area (Å²) in [5.41, 5.74) is 8.19. The molecule has 0 aliphatic rings. The topological polar surface area (TPSA) is 12.9 Å². The summed E-state index contributed by atoms with van der Waals surface area (Å²) in [5.74, 6) is 0. The normalized spacial score (nSPS) is 10.9. The number of fused-ring (bicyclic) bond motifs is 1. The average Bonchev–Trinajstić information content (AvgIpc) is 2.62. The lowest BCUT2D eigenvalue weighted by Gasteiger charge is -2.11. The fourth-order valence-corrected chi connectivity index (χ4v) is 3.07. The number of nitrogens with zero attached hydrogens (tertiary/aromatic N) is 1. The fraction of sp³-hybridized carbons (Fsp3) is 0.0870. The third-order valence-electron chi connectivity index (χ3n) is 4.40. The minimum Gasteiger partial charge on any atom is -0.248 e. The van der Waals surface area contributed by atoms with E-state index in [1.165, 1.54) is 27.6 Å². The summed E-state index contributed by atoms with van der Waals surface area (Å²) in [4.78, 5) is 4.90. The van der Waals surface area contributed by atoms with Crippen molar-refractivity contribution >= 4 is 10.9 Å². The Hall–Kier alpha value is -2.93. The van der Waals surface area contributed by atoms with Crippen LogP contribution in [-0.4, -0.2) is 4.98 Å². The van der Waals surface area contributed by atoms with Gasteiger partial charge in [-0.1, -0.05) is 71.8 Å². The van der Waals surface area contributed by atoms with E-state index in [0.717, 1.165) is 16.8 Å². The van der Waals surface area contributed by atoms with Crippen molar-refractivity contribution in [2.24, 2.45) is 0 Å². The third kappa shape index (κ3) is 2.69. The highest BCUT2D eigenvalue weighted by Crippen LogP contribution is 2.32. The first-order valence-corrected chi connectivity index (χ1v) is 8.24. The van der Waals surface area contributed by atoms with E-state index in [9.17, 15) is 0 Å². The standard InChI is InChI=1S/C23H19N/c1-16-8-11-19(12-9-16)23-15-20(18-6-4-3-5-7-18)21-14-17(2)10-13-22(21)24-23/h3-15H,1-2H3. The largest absolute Gasteiger partial charge is 0.248 e. The van der Waals surface area contributed by atoms with Crippen molar-refractivity contribution in [3.8, 4) is 22.4 Å². The Morgan fingerprint density at radius 2 is 1.33 bits per heavy atom. The molecule has 0 radical (unpaired) electrons. The predicted octanol–water partition coefficient (Wildman–Crippen LogP) is 6.19. The second kappa shape index (κ2) is 5.93. The molecule has 116 valence electrons. The van der Waals surface area contributed by atoms with E-state index in [-0.39, 0.29) is 0 Å². The number of pyridine rings is 1. The van der Waals surface area contributed by atoms with Crippen LogP contribution in [0.1, 0.15) is 11.1 Å². The van der Waals surface area contributed by atoms with Crippen LogP contribution in [0, 0.1) is 13.8 Å². The summed E-state index contributed by atoms with van der Waals surface area (Å²) in [6.07, 6.45) is 0. The molecule has 0 saturated heterocycles. The molecule has 1 aromatic heterocycles. The average molecular weight is 309 g/mol. The van der Waals surface area contributed by atoms with Crippen LogP contribution in [0.25, 0.3) is 33.3 Å². The van der Waals surface area contributed by atoms with Gasteiger partial charge in [-0.15, -0.1) is 0 Å². The molecule has 0 bridgehead atoms. The van der Waals surface area contributed by atoms with E-state index < -0.39 is 0 Å². The van der Waals surface area contributed by atoms with Crippen LogP contribution in [0.2, 0.25) is 0 Å². The molecule has 1 heteroatoms. The Morgan fingerprint density at radius 1 is 0.625 bits per heavy atom. The van der Waals surface area contributed by atoms with Crippen molar-refractivity contribution in [3.63, 3.8) is 0 Å². The van der Waals surface area contributed by atoms with Crippen molar-refractivity contribution in [1.29, 1.82) is 0 Å². The summed E-state index contributed by atoms with van der Waals surface area (Å²) in [5, 5.41) is 1.21. The number of rotatable bonds is 2. The van der Waals surface area contributed by atoms with Crippen LogP contribution in [0.5, 0.6) is 0 Å². The van der Waals surface area contributed by atoms with E-state index in [2.05, 4.69) is 92.7 Å². The molecule has 1 nitrogen and oxygen atoms in total. The SMILES string of the molecule is Cc1ccc(-c2cc(-c3ccccc3)c3cc(C)ccc3n2)cc1. The van der Waals surface area contributed by atoms with Gasteiger partial charge in [-0.3, -0.25) is 0 Å². The minimum atomic E-state index is 1.02. The predicted molar refractivity (Wildman–Crippen MR) is 102 cm³/mol. The van der Waals surface area contributed by atoms with Crippen LogP contribution in [0.3, 0.4) is 0 Å². The number of hydrogen-bond acceptors (Lipinski definition) is 1. The molecule has 0 saturated carbocycles. The highest BCUT2D eigenvalue weighted by Gasteiger charge is 2.09. The highest BCUT2D eigenvalue weighted by molar-refractivity contribution is 5.97. The van der Waals surface area contributed by atoms with Crippen LogP contribution >= 0.6 is 0 Å². The molecule has 0 N–H and O–H groups in total. The van der Waals surface area contributed by atoms with Gasteiger partial charge in [-0.2, -0.15) is 0 Å². The van der Waals surface area contributed by atoms with Crippen LogP contribution < -0.4 is 0 Å². The van der Waals surface area contributed by atoms with Crippen molar-refractivity contribution in [2.75, 3.05) is 0 Å². The zero-order valence-electron chi connectivity index (χ0n) is 14.0. The minimum absolute atomic E-state index is 1.02. The zero-order valence-corrected chi connectivity index (χ0v) is 14.0. The maximum absolute atomic E-state index is 4.90. The second-order valence-electron chi connectivity index (χ2n) is 6.31. The van der Waals surface area contributed by atoms with E-state index in [0.29, 0.717) is 0 Å². The lowest BCUT2D eigenvalue weighted by molar-refractivity contribution is 1.37. The third-order valence-corrected chi connectivity index (χ3v) is 4.40. The summed E-state index contributed by atoms with van der Waals surface area (Å²) in [6.45, 7) is 4.23. The van der Waals surface area contributed by atoms with Gasteiger partial charge >= 0.3 is 0 Å². The molecular formula is C23H19N. The van der Waals surface area contributed by atoms with Crippen molar-refractivity contribution in [1.82, 2.24) is 4.98 Å². The van der Waals surface area contributed by atoms with Crippen molar-refractivity contribution < 1.29 is 0 Å². The Bertz CT molecular complexity index is 999. The van der Waals surface area contributed by atoms with Gasteiger partial charge in [-0.05, 0) is 43.2 Å². The summed E-state index contributed by atoms with van der Waals surface area (Å²) < 4.78 is 0. The number of aromatic nitrogens is 1. The quantitative estimate of drug-likeness (QED) is 0.430. The second-order valence-corrected chi connectivity index (χ2v) is 6.31. The zero-order chi connectivity index (χ0) is 16.5. The summed E-state index contributed by atoms with van der Waals surface area (Å²) in [6, 6.07) is 27.8. The number of benzene rings is 3. The van der Waals surface area contributed by atoms with E-state index in [1.807, 2.05) is 0 Å². The molecular weight excluding hydrogens is 290 g/mol. The van der Waals surface area contributed by atoms with Gasteiger partial charge < -0.3 is 0 Å². The monoisotopic (exact) mass is 309 g/mol. The number of hydrogen-bond donors (Lipinski definition) is 0. The molecule has 4 rings (SSSR count). The molecule has 1 heterocycles. The summed E-state index contributed by atoms with van der Waals surface area (Å²) in [7, 11) is 0. The Labute approximate surface area is 142 Å². The molecule has 0 amide bonds. The van der Waals surface area contributed by atoms with Crippen LogP contribution in [0.4, 0.5) is 0 Å². The van der Waals surface area contributed by atoms with Gasteiger partial charge in [0.1, 0.15) is 0 Å². The van der Waals surface area contributed by atoms with E-state index in [1.54, 1.807) is 0 Å². The molecule has 0 unspecified atom stereocenters. The van der Waals surface area contributed by atoms with Crippen molar-refractivity contribution in [3.05, 3.63) is 90.0 Å². The molecule has 0 atom stereocenters. The first-order valence-electron chi connectivity index (χ1n) is 8.24. The number of aryl methyl sites for hydroxylation is 2. The maximum Gasteiger partial charge on any atom is 0.0715 e. The van der Waals surface area contributed by atoms with E-state index in [4.69, 9.17) is 4.98 Å². The van der Waals surface area contributed by atoms with Gasteiger partial charge in [0.15, 0.2) is 0 Å². The summed E-state index contributed by atoms with van der Waals surface area (Å²) >= 11 is 0. The van der Waals surface area contributed by atoms with Crippen LogP contribution in [0.15, 0.2) is 78.9 Å². The van der Waals surface area contributed by atoms with Gasteiger partial charge in [-0.25, -0.2) is 4.98 Å². The molecule has 0 aliphatic carbocycles. The smallest absolute Gasteiger partial charge is 0.0715 e. The molecule has 4 aromatic rings. The van der Waals surface area contributed by atoms with Gasteiger partial charge in [0.2, 0.25) is 0 Å². The van der Waals surface area contributed by atoms with E-state index >= 15 is 0 Å². The van der Waals surface area contributed by atoms with Crippen LogP contribution in [-0.2, 0) is 0 Å². The Kier molecular flexibility index (Phi) is 3.62.